The van der Waals surface area contributed by atoms with Gasteiger partial charge in [-0.1, -0.05) is 13.3 Å². The molecule has 5 nitrogen and oxygen atoms in total. The van der Waals surface area contributed by atoms with Crippen LogP contribution < -0.4 is 10.6 Å². The fourth-order valence-electron chi connectivity index (χ4n) is 0.975. The summed E-state index contributed by atoms with van der Waals surface area (Å²) >= 11 is 5.33. The Morgan fingerprint density at radius 1 is 1.25 bits per heavy atom. The lowest BCUT2D eigenvalue weighted by atomic mass is 10.2. The number of ether oxygens (including phenoxy) is 1. The number of halogens is 1. The van der Waals surface area contributed by atoms with Gasteiger partial charge in [-0.05, 0) is 6.42 Å². The van der Waals surface area contributed by atoms with Crippen molar-refractivity contribution in [2.24, 2.45) is 0 Å². The van der Waals surface area contributed by atoms with Crippen molar-refractivity contribution in [1.29, 1.82) is 0 Å². The molecular weight excluding hydrogens is 232 g/mol. The van der Waals surface area contributed by atoms with Crippen LogP contribution in [0, 0.1) is 0 Å². The minimum Gasteiger partial charge on any atom is -0.448 e. The zero-order valence-electron chi connectivity index (χ0n) is 9.55. The number of unbranched alkanes of at least 4 members (excludes halogenated alkanes) is 1. The van der Waals surface area contributed by atoms with E-state index in [9.17, 15) is 9.59 Å². The van der Waals surface area contributed by atoms with Crippen LogP contribution in [0.5, 0.6) is 0 Å². The highest BCUT2D eigenvalue weighted by atomic mass is 35.5. The van der Waals surface area contributed by atoms with Crippen LogP contribution >= 0.6 is 11.6 Å². The first-order valence-electron chi connectivity index (χ1n) is 5.44. The number of rotatable bonds is 8. The molecule has 0 spiro atoms. The van der Waals surface area contributed by atoms with Gasteiger partial charge in [0.2, 0.25) is 5.91 Å². The van der Waals surface area contributed by atoms with E-state index in [1.165, 1.54) is 0 Å². The van der Waals surface area contributed by atoms with Gasteiger partial charge in [0.25, 0.3) is 0 Å². The van der Waals surface area contributed by atoms with Crippen LogP contribution in [0.1, 0.15) is 26.2 Å². The van der Waals surface area contributed by atoms with Gasteiger partial charge in [0.05, 0.1) is 5.88 Å². The van der Waals surface area contributed by atoms with Crippen molar-refractivity contribution in [3.05, 3.63) is 0 Å². The van der Waals surface area contributed by atoms with Gasteiger partial charge < -0.3 is 15.4 Å². The lowest BCUT2D eigenvalue weighted by Crippen LogP contribution is -2.35. The van der Waals surface area contributed by atoms with Crippen molar-refractivity contribution in [2.75, 3.05) is 25.6 Å². The summed E-state index contributed by atoms with van der Waals surface area (Å²) in [5.74, 6) is 0.291. The first-order chi connectivity index (χ1) is 7.70. The largest absolute Gasteiger partial charge is 0.448 e. The molecule has 16 heavy (non-hydrogen) atoms. The molecule has 2 N–H and O–H groups in total. The van der Waals surface area contributed by atoms with E-state index in [2.05, 4.69) is 15.4 Å². The van der Waals surface area contributed by atoms with Gasteiger partial charge in [0.1, 0.15) is 6.61 Å². The minimum absolute atomic E-state index is 0.0118. The van der Waals surface area contributed by atoms with E-state index >= 15 is 0 Å². The molecule has 0 rings (SSSR count). The van der Waals surface area contributed by atoms with Gasteiger partial charge in [-0.15, -0.1) is 11.6 Å². The van der Waals surface area contributed by atoms with Crippen LogP contribution in [0.2, 0.25) is 0 Å². The third-order valence-corrected chi connectivity index (χ3v) is 1.94. The molecule has 0 aromatic heterocycles. The number of amides is 2. The van der Waals surface area contributed by atoms with Crippen molar-refractivity contribution >= 4 is 23.6 Å². The Labute approximate surface area is 101 Å². The Bertz CT molecular complexity index is 190. The average Bonchev–Trinajstić information content (AvgIpc) is 2.29. The number of nitrogens with one attached hydrogen (secondary N) is 2. The molecule has 0 saturated carbocycles. The predicted molar refractivity (Wildman–Crippen MR) is 62.6 cm³/mol. The van der Waals surface area contributed by atoms with E-state index in [-0.39, 0.29) is 18.4 Å². The second kappa shape index (κ2) is 10.5. The van der Waals surface area contributed by atoms with Crippen LogP contribution in [0.4, 0.5) is 4.79 Å². The first-order valence-corrected chi connectivity index (χ1v) is 5.97. The summed E-state index contributed by atoms with van der Waals surface area (Å²) in [6.07, 6.45) is 1.91. The van der Waals surface area contributed by atoms with Crippen LogP contribution in [0.25, 0.3) is 0 Å². The molecule has 0 aromatic rings. The molecule has 2 amide bonds. The number of carbonyl (C=O) groups excluding carboxylic acids is 2. The van der Waals surface area contributed by atoms with Crippen molar-refractivity contribution in [1.82, 2.24) is 10.6 Å². The molecule has 94 valence electrons. The third kappa shape index (κ3) is 9.58. The van der Waals surface area contributed by atoms with Crippen LogP contribution in [-0.2, 0) is 9.53 Å². The Morgan fingerprint density at radius 2 is 1.94 bits per heavy atom. The Balaban J connectivity index is 3.31. The molecule has 0 aromatic carbocycles. The van der Waals surface area contributed by atoms with Crippen molar-refractivity contribution < 1.29 is 14.3 Å². The summed E-state index contributed by atoms with van der Waals surface area (Å²) in [5, 5.41) is 5.19. The second-order valence-corrected chi connectivity index (χ2v) is 3.58. The maximum atomic E-state index is 11.1. The quantitative estimate of drug-likeness (QED) is 0.503. The number of hydrogen-bond acceptors (Lipinski definition) is 3. The first kappa shape index (κ1) is 15.0. The van der Waals surface area contributed by atoms with E-state index in [1.54, 1.807) is 0 Å². The lowest BCUT2D eigenvalue weighted by Gasteiger charge is -2.06. The van der Waals surface area contributed by atoms with Crippen LogP contribution in [-0.4, -0.2) is 37.6 Å². The highest BCUT2D eigenvalue weighted by molar-refractivity contribution is 6.18. The van der Waals surface area contributed by atoms with Crippen molar-refractivity contribution in [2.45, 2.75) is 26.2 Å². The highest BCUT2D eigenvalue weighted by Crippen LogP contribution is 1.92. The Hall–Kier alpha value is -0.970. The Morgan fingerprint density at radius 3 is 2.56 bits per heavy atom. The average molecular weight is 251 g/mol. The minimum atomic E-state index is -0.511. The lowest BCUT2D eigenvalue weighted by molar-refractivity contribution is -0.121. The standard InChI is InChI=1S/C10H19ClN2O3/c1-2-3-4-9(14)12-6-7-13-10(15)16-8-5-11/h2-8H2,1H3,(H,12,14)(H,13,15). The summed E-state index contributed by atoms with van der Waals surface area (Å²) in [5.41, 5.74) is 0. The van der Waals surface area contributed by atoms with Gasteiger partial charge in [-0.3, -0.25) is 4.79 Å². The number of alkyl carbamates (subject to hydrolysis) is 1. The number of alkyl halides is 1. The SMILES string of the molecule is CCCCC(=O)NCCNC(=O)OCCCl. The molecule has 0 atom stereocenters. The van der Waals surface area contributed by atoms with Gasteiger partial charge in [0.15, 0.2) is 0 Å². The molecule has 0 fully saturated rings. The smallest absolute Gasteiger partial charge is 0.407 e. The highest BCUT2D eigenvalue weighted by Gasteiger charge is 2.01. The molecule has 0 saturated heterocycles. The van der Waals surface area contributed by atoms with E-state index in [4.69, 9.17) is 11.6 Å². The second-order valence-electron chi connectivity index (χ2n) is 3.21. The number of hydrogen-bond donors (Lipinski definition) is 2. The van der Waals surface area contributed by atoms with Gasteiger partial charge in [-0.25, -0.2) is 4.79 Å². The summed E-state index contributed by atoms with van der Waals surface area (Å²) in [6.45, 7) is 3.00. The summed E-state index contributed by atoms with van der Waals surface area (Å²) < 4.78 is 4.67. The predicted octanol–water partition coefficient (Wildman–Crippen LogP) is 1.26. The molecule has 0 aliphatic heterocycles. The maximum absolute atomic E-state index is 11.1. The molecule has 0 heterocycles. The molecule has 0 aliphatic rings. The Kier molecular flexibility index (Phi) is 9.91. The molecular formula is C10H19ClN2O3. The normalized spacial score (nSPS) is 9.62. The topological polar surface area (TPSA) is 67.4 Å². The fraction of sp³-hybridized carbons (Fsp3) is 0.800. The van der Waals surface area contributed by atoms with E-state index in [1.807, 2.05) is 6.92 Å². The van der Waals surface area contributed by atoms with Gasteiger partial charge in [-0.2, -0.15) is 0 Å². The molecule has 0 unspecified atom stereocenters. The molecule has 0 aliphatic carbocycles. The zero-order valence-corrected chi connectivity index (χ0v) is 10.3. The zero-order chi connectivity index (χ0) is 12.2. The summed E-state index contributed by atoms with van der Waals surface area (Å²) in [7, 11) is 0. The van der Waals surface area contributed by atoms with Crippen molar-refractivity contribution in [3.63, 3.8) is 0 Å². The third-order valence-electron chi connectivity index (χ3n) is 1.78. The molecule has 0 bridgehead atoms. The summed E-state index contributed by atoms with van der Waals surface area (Å²) in [4.78, 5) is 22.1. The molecule has 6 heteroatoms. The number of carbonyl (C=O) groups is 2. The van der Waals surface area contributed by atoms with Crippen molar-refractivity contribution in [3.8, 4) is 0 Å². The maximum Gasteiger partial charge on any atom is 0.407 e. The molecule has 0 radical (unpaired) electrons. The fourth-order valence-corrected chi connectivity index (χ4v) is 1.05. The summed E-state index contributed by atoms with van der Waals surface area (Å²) in [6, 6.07) is 0. The van der Waals surface area contributed by atoms with Gasteiger partial charge >= 0.3 is 6.09 Å². The monoisotopic (exact) mass is 250 g/mol. The van der Waals surface area contributed by atoms with Crippen LogP contribution in [0.15, 0.2) is 0 Å². The van der Waals surface area contributed by atoms with Crippen LogP contribution in [0.3, 0.4) is 0 Å². The van der Waals surface area contributed by atoms with E-state index in [0.717, 1.165) is 12.8 Å². The van der Waals surface area contributed by atoms with E-state index < -0.39 is 6.09 Å². The van der Waals surface area contributed by atoms with Gasteiger partial charge in [0, 0.05) is 19.5 Å². The van der Waals surface area contributed by atoms with E-state index in [0.29, 0.717) is 19.5 Å².